The van der Waals surface area contributed by atoms with Crippen molar-refractivity contribution in [2.45, 2.75) is 26.3 Å². The van der Waals surface area contributed by atoms with E-state index in [-0.39, 0.29) is 29.7 Å². The largest absolute Gasteiger partial charge is 0.378 e. The number of hydrogen-bond donors (Lipinski definition) is 2. The number of nitrogens with zero attached hydrogens (tertiary/aromatic N) is 8. The molecule has 1 aliphatic heterocycles. The SMILES string of the molecule is C/C(=N\NC(=O)c1c(CN2CCCC2)nnn1-c1nonc1N)c1ccncc1.Cl. The topological polar surface area (TPSA) is 153 Å². The first-order chi connectivity index (χ1) is 14.1. The van der Waals surface area contributed by atoms with Gasteiger partial charge in [0.1, 0.15) is 5.69 Å². The second kappa shape index (κ2) is 9.41. The zero-order chi connectivity index (χ0) is 20.2. The van der Waals surface area contributed by atoms with Crippen LogP contribution < -0.4 is 11.2 Å². The molecule has 1 amide bonds. The van der Waals surface area contributed by atoms with Crippen LogP contribution in [-0.4, -0.2) is 59.9 Å². The van der Waals surface area contributed by atoms with Gasteiger partial charge >= 0.3 is 0 Å². The van der Waals surface area contributed by atoms with Gasteiger partial charge in [-0.3, -0.25) is 14.7 Å². The maximum absolute atomic E-state index is 13.0. The van der Waals surface area contributed by atoms with E-state index in [9.17, 15) is 4.79 Å². The number of amides is 1. The number of carbonyl (C=O) groups excluding carboxylic acids is 1. The molecule has 0 aromatic carbocycles. The van der Waals surface area contributed by atoms with E-state index in [1.54, 1.807) is 31.5 Å². The minimum absolute atomic E-state index is 0. The van der Waals surface area contributed by atoms with E-state index in [0.717, 1.165) is 31.5 Å². The monoisotopic (exact) mass is 432 g/mol. The first-order valence-corrected chi connectivity index (χ1v) is 9.14. The van der Waals surface area contributed by atoms with Crippen LogP contribution >= 0.6 is 12.4 Å². The van der Waals surface area contributed by atoms with E-state index < -0.39 is 5.91 Å². The highest BCUT2D eigenvalue weighted by Crippen LogP contribution is 2.19. The van der Waals surface area contributed by atoms with Crippen molar-refractivity contribution in [3.63, 3.8) is 0 Å². The van der Waals surface area contributed by atoms with Crippen molar-refractivity contribution in [1.82, 2.24) is 40.6 Å². The van der Waals surface area contributed by atoms with Gasteiger partial charge in [-0.15, -0.1) is 17.5 Å². The van der Waals surface area contributed by atoms with Gasteiger partial charge in [0.05, 0.1) is 5.71 Å². The molecule has 13 heteroatoms. The average molecular weight is 433 g/mol. The second-order valence-corrected chi connectivity index (χ2v) is 6.63. The number of pyridine rings is 1. The van der Waals surface area contributed by atoms with Crippen LogP contribution in [0.25, 0.3) is 5.82 Å². The van der Waals surface area contributed by atoms with Crippen LogP contribution in [0.3, 0.4) is 0 Å². The molecular weight excluding hydrogens is 412 g/mol. The van der Waals surface area contributed by atoms with Gasteiger partial charge in [-0.1, -0.05) is 5.21 Å². The number of nitrogens with two attached hydrogens (primary N) is 1. The highest BCUT2D eigenvalue weighted by atomic mass is 35.5. The van der Waals surface area contributed by atoms with Crippen molar-refractivity contribution < 1.29 is 9.42 Å². The molecule has 158 valence electrons. The molecule has 0 spiro atoms. The Morgan fingerprint density at radius 1 is 1.27 bits per heavy atom. The summed E-state index contributed by atoms with van der Waals surface area (Å²) in [6.07, 6.45) is 5.55. The molecule has 0 aliphatic carbocycles. The van der Waals surface area contributed by atoms with Crippen LogP contribution in [0.1, 0.15) is 41.5 Å². The molecule has 0 unspecified atom stereocenters. The van der Waals surface area contributed by atoms with Gasteiger partial charge in [0.2, 0.25) is 11.6 Å². The Labute approximate surface area is 177 Å². The van der Waals surface area contributed by atoms with Gasteiger partial charge in [0.15, 0.2) is 5.69 Å². The minimum atomic E-state index is -0.486. The highest BCUT2D eigenvalue weighted by molar-refractivity contribution is 6.00. The molecule has 12 nitrogen and oxygen atoms in total. The molecule has 1 fully saturated rings. The zero-order valence-electron chi connectivity index (χ0n) is 16.2. The van der Waals surface area contributed by atoms with Crippen LogP contribution in [0, 0.1) is 0 Å². The Morgan fingerprint density at radius 3 is 2.67 bits per heavy atom. The fourth-order valence-electron chi connectivity index (χ4n) is 3.13. The predicted molar refractivity (Wildman–Crippen MR) is 109 cm³/mol. The first kappa shape index (κ1) is 21.3. The van der Waals surface area contributed by atoms with Gasteiger partial charge in [-0.2, -0.15) is 9.78 Å². The molecule has 0 bridgehead atoms. The second-order valence-electron chi connectivity index (χ2n) is 6.63. The summed E-state index contributed by atoms with van der Waals surface area (Å²) < 4.78 is 5.87. The number of hydrazone groups is 1. The lowest BCUT2D eigenvalue weighted by molar-refractivity contribution is 0.0945. The molecule has 3 aromatic rings. The molecule has 1 aliphatic rings. The summed E-state index contributed by atoms with van der Waals surface area (Å²) >= 11 is 0. The molecular formula is C17H21ClN10O2. The van der Waals surface area contributed by atoms with Crippen molar-refractivity contribution in [3.8, 4) is 5.82 Å². The molecule has 30 heavy (non-hydrogen) atoms. The smallest absolute Gasteiger partial charge is 0.292 e. The van der Waals surface area contributed by atoms with Crippen molar-refractivity contribution in [3.05, 3.63) is 41.5 Å². The molecule has 3 aromatic heterocycles. The number of nitrogens with one attached hydrogen (secondary N) is 1. The normalized spacial score (nSPS) is 14.5. The summed E-state index contributed by atoms with van der Waals surface area (Å²) in [6.45, 7) is 4.17. The molecule has 0 saturated carbocycles. The van der Waals surface area contributed by atoms with Gasteiger partial charge in [-0.25, -0.2) is 10.1 Å². The van der Waals surface area contributed by atoms with Crippen molar-refractivity contribution in [2.24, 2.45) is 5.10 Å². The summed E-state index contributed by atoms with van der Waals surface area (Å²) in [5.74, 6) is -0.377. The predicted octanol–water partition coefficient (Wildman–Crippen LogP) is 0.799. The Hall–Kier alpha value is -3.38. The van der Waals surface area contributed by atoms with Crippen LogP contribution in [0.2, 0.25) is 0 Å². The van der Waals surface area contributed by atoms with Gasteiger partial charge in [-0.05, 0) is 55.3 Å². The maximum atomic E-state index is 13.0. The van der Waals surface area contributed by atoms with Crippen molar-refractivity contribution in [1.29, 1.82) is 0 Å². The molecule has 4 heterocycles. The summed E-state index contributed by atoms with van der Waals surface area (Å²) in [6, 6.07) is 3.61. The number of hydrogen-bond acceptors (Lipinski definition) is 10. The summed E-state index contributed by atoms with van der Waals surface area (Å²) in [7, 11) is 0. The van der Waals surface area contributed by atoms with Gasteiger partial charge in [0, 0.05) is 24.5 Å². The summed E-state index contributed by atoms with van der Waals surface area (Å²) in [4.78, 5) is 19.2. The summed E-state index contributed by atoms with van der Waals surface area (Å²) in [5.41, 5.74) is 10.5. The molecule has 3 N–H and O–H groups in total. The lowest BCUT2D eigenvalue weighted by Crippen LogP contribution is -2.26. The standard InChI is InChI=1S/C17H20N10O2.ClH/c1-11(12-4-6-19-7-5-12)20-22-17(28)14-13(10-26-8-2-3-9-26)21-25-27(14)16-15(18)23-29-24-16;/h4-7H,2-3,8-10H2,1H3,(H2,18,23)(H,22,28);1H/b20-11+;. The van der Waals surface area contributed by atoms with E-state index in [1.807, 2.05) is 0 Å². The highest BCUT2D eigenvalue weighted by Gasteiger charge is 2.27. The Kier molecular flexibility index (Phi) is 6.69. The molecule has 0 radical (unpaired) electrons. The number of halogens is 1. The van der Waals surface area contributed by atoms with Crippen LogP contribution in [0.5, 0.6) is 0 Å². The van der Waals surface area contributed by atoms with Crippen molar-refractivity contribution >= 4 is 29.8 Å². The lowest BCUT2D eigenvalue weighted by atomic mass is 10.2. The van der Waals surface area contributed by atoms with E-state index in [4.69, 9.17) is 5.73 Å². The fraction of sp³-hybridized carbons (Fsp3) is 0.353. The number of rotatable bonds is 6. The quantitative estimate of drug-likeness (QED) is 0.425. The van der Waals surface area contributed by atoms with E-state index in [1.165, 1.54) is 4.68 Å². The third kappa shape index (κ3) is 4.44. The number of carbonyl (C=O) groups is 1. The maximum Gasteiger partial charge on any atom is 0.292 e. The summed E-state index contributed by atoms with van der Waals surface area (Å²) in [5, 5.41) is 19.7. The third-order valence-corrected chi connectivity index (χ3v) is 4.65. The van der Waals surface area contributed by atoms with Crippen LogP contribution in [-0.2, 0) is 6.54 Å². The third-order valence-electron chi connectivity index (χ3n) is 4.65. The van der Waals surface area contributed by atoms with E-state index >= 15 is 0 Å². The van der Waals surface area contributed by atoms with Crippen LogP contribution in [0.15, 0.2) is 34.3 Å². The Morgan fingerprint density at radius 2 is 2.00 bits per heavy atom. The van der Waals surface area contributed by atoms with E-state index in [2.05, 4.69) is 45.7 Å². The number of nitrogen functional groups attached to an aromatic ring is 1. The fourth-order valence-corrected chi connectivity index (χ4v) is 3.13. The average Bonchev–Trinajstić information content (AvgIpc) is 3.48. The lowest BCUT2D eigenvalue weighted by Gasteiger charge is -2.13. The Bertz CT molecular complexity index is 1030. The first-order valence-electron chi connectivity index (χ1n) is 9.14. The Balaban J connectivity index is 0.00000256. The number of aromatic nitrogens is 6. The van der Waals surface area contributed by atoms with Crippen LogP contribution in [0.4, 0.5) is 5.82 Å². The van der Waals surface area contributed by atoms with Gasteiger partial charge in [0.25, 0.3) is 5.91 Å². The van der Waals surface area contributed by atoms with Crippen molar-refractivity contribution in [2.75, 3.05) is 18.8 Å². The zero-order valence-corrected chi connectivity index (χ0v) is 17.0. The molecule has 1 saturated heterocycles. The van der Waals surface area contributed by atoms with Gasteiger partial charge < -0.3 is 5.73 Å². The number of likely N-dealkylation sites (tertiary alicyclic amines) is 1. The number of anilines is 1. The molecule has 0 atom stereocenters. The molecule has 4 rings (SSSR count). The minimum Gasteiger partial charge on any atom is -0.378 e. The van der Waals surface area contributed by atoms with E-state index in [0.29, 0.717) is 18.0 Å².